The molecule has 5 N–H and O–H groups in total. The van der Waals surface area contributed by atoms with Crippen molar-refractivity contribution in [2.45, 2.75) is 19.9 Å². The molecular weight excluding hydrogens is 258 g/mol. The fourth-order valence-electron chi connectivity index (χ4n) is 2.36. The first kappa shape index (κ1) is 14.4. The summed E-state index contributed by atoms with van der Waals surface area (Å²) in [4.78, 5) is 29.1. The van der Waals surface area contributed by atoms with Crippen LogP contribution in [-0.2, 0) is 11.3 Å². The number of primary amides is 1. The van der Waals surface area contributed by atoms with E-state index in [9.17, 15) is 9.59 Å². The van der Waals surface area contributed by atoms with Gasteiger partial charge >= 0.3 is 0 Å². The minimum atomic E-state index is -0.459. The van der Waals surface area contributed by atoms with Gasteiger partial charge in [0.2, 0.25) is 5.91 Å². The largest absolute Gasteiger partial charge is 0.369 e. The lowest BCUT2D eigenvalue weighted by Gasteiger charge is -2.20. The number of carbonyl (C=O) groups excluding carboxylic acids is 2. The van der Waals surface area contributed by atoms with Gasteiger partial charge in [-0.25, -0.2) is 5.84 Å². The van der Waals surface area contributed by atoms with E-state index in [0.717, 1.165) is 18.7 Å². The zero-order valence-corrected chi connectivity index (χ0v) is 11.4. The average molecular weight is 277 g/mol. The molecule has 1 unspecified atom stereocenters. The van der Waals surface area contributed by atoms with Crippen LogP contribution in [0.15, 0.2) is 18.3 Å². The summed E-state index contributed by atoms with van der Waals surface area (Å²) in [7, 11) is 0. The topological polar surface area (TPSA) is 114 Å². The van der Waals surface area contributed by atoms with Crippen LogP contribution >= 0.6 is 0 Å². The molecule has 1 aliphatic heterocycles. The van der Waals surface area contributed by atoms with Crippen LogP contribution in [0.4, 0.5) is 0 Å². The van der Waals surface area contributed by atoms with E-state index in [1.807, 2.05) is 6.92 Å². The molecule has 2 heterocycles. The number of hydrazine groups is 1. The van der Waals surface area contributed by atoms with Crippen molar-refractivity contribution in [3.8, 4) is 0 Å². The van der Waals surface area contributed by atoms with E-state index in [-0.39, 0.29) is 11.8 Å². The number of aromatic nitrogens is 1. The summed E-state index contributed by atoms with van der Waals surface area (Å²) in [5, 5.41) is 0. The third-order valence-electron chi connectivity index (χ3n) is 3.75. The first-order valence-corrected chi connectivity index (χ1v) is 6.43. The maximum Gasteiger partial charge on any atom is 0.266 e. The normalized spacial score (nSPS) is 22.7. The molecule has 0 aliphatic carbocycles. The second kappa shape index (κ2) is 5.56. The number of carbonyl (C=O) groups is 2. The van der Waals surface area contributed by atoms with E-state index < -0.39 is 5.41 Å². The standard InChI is InChI=1S/C13H19N5O2/c1-13(12(14)20)4-5-18(8-13)7-10-3-2-9(6-16-10)11(19)17-15/h2-3,6H,4-5,7-8,15H2,1H3,(H2,14,20)(H,17,19). The Morgan fingerprint density at radius 2 is 2.25 bits per heavy atom. The summed E-state index contributed by atoms with van der Waals surface area (Å²) in [6.07, 6.45) is 2.25. The summed E-state index contributed by atoms with van der Waals surface area (Å²) in [6.45, 7) is 3.96. The highest BCUT2D eigenvalue weighted by molar-refractivity contribution is 5.93. The van der Waals surface area contributed by atoms with Crippen LogP contribution in [0.2, 0.25) is 0 Å². The van der Waals surface area contributed by atoms with Crippen molar-refractivity contribution < 1.29 is 9.59 Å². The number of likely N-dealkylation sites (tertiary alicyclic amines) is 1. The number of nitrogens with one attached hydrogen (secondary N) is 1. The van der Waals surface area contributed by atoms with Gasteiger partial charge in [0.25, 0.3) is 5.91 Å². The van der Waals surface area contributed by atoms with Crippen LogP contribution < -0.4 is 17.0 Å². The van der Waals surface area contributed by atoms with Gasteiger partial charge in [-0.2, -0.15) is 0 Å². The summed E-state index contributed by atoms with van der Waals surface area (Å²) in [6, 6.07) is 3.46. The highest BCUT2D eigenvalue weighted by Gasteiger charge is 2.38. The van der Waals surface area contributed by atoms with Crippen molar-refractivity contribution in [1.82, 2.24) is 15.3 Å². The molecule has 7 heteroatoms. The molecule has 108 valence electrons. The van der Waals surface area contributed by atoms with E-state index in [0.29, 0.717) is 18.7 Å². The molecule has 2 rings (SSSR count). The lowest BCUT2D eigenvalue weighted by Crippen LogP contribution is -2.37. The second-order valence-corrected chi connectivity index (χ2v) is 5.40. The fraction of sp³-hybridized carbons (Fsp3) is 0.462. The van der Waals surface area contributed by atoms with Crippen LogP contribution in [0, 0.1) is 5.41 Å². The zero-order chi connectivity index (χ0) is 14.8. The summed E-state index contributed by atoms with van der Waals surface area (Å²) in [5.74, 6) is 4.42. The first-order chi connectivity index (χ1) is 9.44. The summed E-state index contributed by atoms with van der Waals surface area (Å²) < 4.78 is 0. The van der Waals surface area contributed by atoms with Crippen molar-refractivity contribution in [3.63, 3.8) is 0 Å². The lowest BCUT2D eigenvalue weighted by atomic mass is 9.89. The third-order valence-corrected chi connectivity index (χ3v) is 3.75. The van der Waals surface area contributed by atoms with Gasteiger partial charge in [0.05, 0.1) is 16.7 Å². The smallest absolute Gasteiger partial charge is 0.266 e. The third kappa shape index (κ3) is 2.94. The molecule has 0 bridgehead atoms. The molecule has 1 aliphatic rings. The predicted octanol–water partition coefficient (Wildman–Crippen LogP) is -0.618. The number of rotatable bonds is 4. The van der Waals surface area contributed by atoms with Crippen LogP contribution in [0.3, 0.4) is 0 Å². The Morgan fingerprint density at radius 3 is 2.75 bits per heavy atom. The minimum Gasteiger partial charge on any atom is -0.369 e. The van der Waals surface area contributed by atoms with E-state index in [2.05, 4.69) is 15.3 Å². The first-order valence-electron chi connectivity index (χ1n) is 6.43. The second-order valence-electron chi connectivity index (χ2n) is 5.40. The maximum atomic E-state index is 11.4. The Bertz CT molecular complexity index is 516. The average Bonchev–Trinajstić information content (AvgIpc) is 2.82. The number of hydrogen-bond acceptors (Lipinski definition) is 5. The molecule has 1 saturated heterocycles. The van der Waals surface area contributed by atoms with Crippen LogP contribution in [-0.4, -0.2) is 34.8 Å². The van der Waals surface area contributed by atoms with Gasteiger partial charge < -0.3 is 5.73 Å². The van der Waals surface area contributed by atoms with Crippen molar-refractivity contribution >= 4 is 11.8 Å². The number of hydrogen-bond donors (Lipinski definition) is 3. The minimum absolute atomic E-state index is 0.261. The van der Waals surface area contributed by atoms with E-state index in [1.165, 1.54) is 6.20 Å². The van der Waals surface area contributed by atoms with Crippen molar-refractivity contribution in [2.75, 3.05) is 13.1 Å². The van der Waals surface area contributed by atoms with Gasteiger partial charge in [-0.3, -0.25) is 24.9 Å². The monoisotopic (exact) mass is 277 g/mol. The number of nitrogens with zero attached hydrogens (tertiary/aromatic N) is 2. The molecule has 1 atom stereocenters. The van der Waals surface area contributed by atoms with Gasteiger partial charge in [0.1, 0.15) is 0 Å². The molecule has 1 fully saturated rings. The van der Waals surface area contributed by atoms with E-state index in [4.69, 9.17) is 11.6 Å². The Kier molecular flexibility index (Phi) is 4.01. The Hall–Kier alpha value is -1.99. The van der Waals surface area contributed by atoms with E-state index >= 15 is 0 Å². The molecule has 0 radical (unpaired) electrons. The van der Waals surface area contributed by atoms with Crippen molar-refractivity contribution in [1.29, 1.82) is 0 Å². The highest BCUT2D eigenvalue weighted by atomic mass is 16.2. The molecule has 0 spiro atoms. The van der Waals surface area contributed by atoms with Gasteiger partial charge in [0, 0.05) is 19.3 Å². The zero-order valence-electron chi connectivity index (χ0n) is 11.4. The van der Waals surface area contributed by atoms with Gasteiger partial charge in [0.15, 0.2) is 0 Å². The molecule has 0 aromatic carbocycles. The molecule has 7 nitrogen and oxygen atoms in total. The molecule has 1 aromatic rings. The molecule has 1 aromatic heterocycles. The van der Waals surface area contributed by atoms with Gasteiger partial charge in [-0.1, -0.05) is 0 Å². The van der Waals surface area contributed by atoms with Gasteiger partial charge in [-0.15, -0.1) is 0 Å². The Labute approximate surface area is 117 Å². The van der Waals surface area contributed by atoms with Crippen LogP contribution in [0.1, 0.15) is 29.4 Å². The maximum absolute atomic E-state index is 11.4. The lowest BCUT2D eigenvalue weighted by molar-refractivity contribution is -0.126. The number of amides is 2. The number of nitrogens with two attached hydrogens (primary N) is 2. The van der Waals surface area contributed by atoms with Crippen molar-refractivity contribution in [3.05, 3.63) is 29.6 Å². The van der Waals surface area contributed by atoms with Crippen LogP contribution in [0.25, 0.3) is 0 Å². The van der Waals surface area contributed by atoms with Crippen molar-refractivity contribution in [2.24, 2.45) is 17.0 Å². The number of nitrogen functional groups attached to an aromatic ring is 1. The molecule has 2 amide bonds. The quantitative estimate of drug-likeness (QED) is 0.385. The van der Waals surface area contributed by atoms with Crippen LogP contribution in [0.5, 0.6) is 0 Å². The highest BCUT2D eigenvalue weighted by Crippen LogP contribution is 2.30. The molecule has 20 heavy (non-hydrogen) atoms. The summed E-state index contributed by atoms with van der Waals surface area (Å²) in [5.41, 5.74) is 8.27. The number of pyridine rings is 1. The Balaban J connectivity index is 1.98. The van der Waals surface area contributed by atoms with E-state index in [1.54, 1.807) is 12.1 Å². The predicted molar refractivity (Wildman–Crippen MR) is 73.1 cm³/mol. The Morgan fingerprint density at radius 1 is 1.50 bits per heavy atom. The fourth-order valence-corrected chi connectivity index (χ4v) is 2.36. The summed E-state index contributed by atoms with van der Waals surface area (Å²) >= 11 is 0. The molecule has 0 saturated carbocycles. The molecular formula is C13H19N5O2. The van der Waals surface area contributed by atoms with Gasteiger partial charge in [-0.05, 0) is 32.0 Å². The SMILES string of the molecule is CC1(C(N)=O)CCN(Cc2ccc(C(=O)NN)cn2)C1.